The third kappa shape index (κ3) is 3.33. The second kappa shape index (κ2) is 6.25. The zero-order chi connectivity index (χ0) is 14.8. The number of aromatic nitrogens is 1. The van der Waals surface area contributed by atoms with Crippen molar-refractivity contribution in [3.8, 4) is 11.3 Å². The number of nitrogens with zero attached hydrogens (tertiary/aromatic N) is 1. The van der Waals surface area contributed by atoms with Crippen molar-refractivity contribution >= 4 is 38.3 Å². The first kappa shape index (κ1) is 14.7. The Bertz CT molecular complexity index is 648. The summed E-state index contributed by atoms with van der Waals surface area (Å²) in [6.07, 6.45) is 1.40. The fraction of sp³-hybridized carbons (Fsp3) is 0.333. The van der Waals surface area contributed by atoms with Crippen LogP contribution in [0.25, 0.3) is 11.3 Å². The SMILES string of the molecule is Cc1sc(NC(=O)[C@H]2CCCO2)nc1-c1ccc(Br)cc1. The third-order valence-electron chi connectivity index (χ3n) is 3.37. The highest BCUT2D eigenvalue weighted by atomic mass is 79.9. The molecule has 1 aliphatic heterocycles. The topological polar surface area (TPSA) is 51.2 Å². The molecule has 0 bridgehead atoms. The lowest BCUT2D eigenvalue weighted by Gasteiger charge is -2.07. The van der Waals surface area contributed by atoms with Gasteiger partial charge in [0.25, 0.3) is 5.91 Å². The van der Waals surface area contributed by atoms with Crippen molar-refractivity contribution in [1.82, 2.24) is 4.98 Å². The molecular formula is C15H15BrN2O2S. The van der Waals surface area contributed by atoms with Crippen LogP contribution < -0.4 is 5.32 Å². The maximum Gasteiger partial charge on any atom is 0.255 e. The number of benzene rings is 1. The van der Waals surface area contributed by atoms with Gasteiger partial charge in [-0.25, -0.2) is 4.98 Å². The highest BCUT2D eigenvalue weighted by molar-refractivity contribution is 9.10. The van der Waals surface area contributed by atoms with Crippen LogP contribution in [0, 0.1) is 6.92 Å². The number of carbonyl (C=O) groups is 1. The molecule has 2 heterocycles. The van der Waals surface area contributed by atoms with E-state index in [0.29, 0.717) is 11.7 Å². The summed E-state index contributed by atoms with van der Waals surface area (Å²) >= 11 is 4.91. The van der Waals surface area contributed by atoms with Gasteiger partial charge < -0.3 is 4.74 Å². The number of thiazole rings is 1. The van der Waals surface area contributed by atoms with Crippen LogP contribution in [0.4, 0.5) is 5.13 Å². The number of carbonyl (C=O) groups excluding carboxylic acids is 1. The van der Waals surface area contributed by atoms with E-state index < -0.39 is 0 Å². The molecule has 1 aromatic heterocycles. The number of anilines is 1. The molecule has 4 nitrogen and oxygen atoms in total. The summed E-state index contributed by atoms with van der Waals surface area (Å²) in [4.78, 5) is 17.7. The number of hydrogen-bond donors (Lipinski definition) is 1. The largest absolute Gasteiger partial charge is 0.368 e. The average molecular weight is 367 g/mol. The summed E-state index contributed by atoms with van der Waals surface area (Å²) in [5.41, 5.74) is 1.96. The zero-order valence-corrected chi connectivity index (χ0v) is 14.0. The monoisotopic (exact) mass is 366 g/mol. The number of halogens is 1. The van der Waals surface area contributed by atoms with Crippen LogP contribution in [-0.2, 0) is 9.53 Å². The first-order chi connectivity index (χ1) is 10.1. The molecule has 0 saturated carbocycles. The molecule has 3 rings (SSSR count). The minimum absolute atomic E-state index is 0.0939. The molecule has 6 heteroatoms. The van der Waals surface area contributed by atoms with Crippen molar-refractivity contribution in [2.45, 2.75) is 25.9 Å². The van der Waals surface area contributed by atoms with E-state index in [1.54, 1.807) is 0 Å². The van der Waals surface area contributed by atoms with Gasteiger partial charge in [-0.15, -0.1) is 11.3 Å². The van der Waals surface area contributed by atoms with Crippen molar-refractivity contribution in [2.75, 3.05) is 11.9 Å². The van der Waals surface area contributed by atoms with Gasteiger partial charge in [0.15, 0.2) is 5.13 Å². The first-order valence-electron chi connectivity index (χ1n) is 6.79. The lowest BCUT2D eigenvalue weighted by atomic mass is 10.1. The Hall–Kier alpha value is -1.24. The van der Waals surface area contributed by atoms with Crippen LogP contribution in [0.5, 0.6) is 0 Å². The molecular weight excluding hydrogens is 352 g/mol. The second-order valence-corrected chi connectivity index (χ2v) is 7.04. The van der Waals surface area contributed by atoms with E-state index in [1.807, 2.05) is 31.2 Å². The fourth-order valence-corrected chi connectivity index (χ4v) is 3.40. The smallest absolute Gasteiger partial charge is 0.255 e. The molecule has 110 valence electrons. The summed E-state index contributed by atoms with van der Waals surface area (Å²) < 4.78 is 6.41. The van der Waals surface area contributed by atoms with Gasteiger partial charge in [-0.3, -0.25) is 10.1 Å². The van der Waals surface area contributed by atoms with Gasteiger partial charge in [0.1, 0.15) is 6.10 Å². The van der Waals surface area contributed by atoms with Crippen LogP contribution in [0.2, 0.25) is 0 Å². The highest BCUT2D eigenvalue weighted by Gasteiger charge is 2.24. The van der Waals surface area contributed by atoms with Gasteiger partial charge in [0.05, 0.1) is 5.69 Å². The van der Waals surface area contributed by atoms with Gasteiger partial charge in [-0.1, -0.05) is 28.1 Å². The Labute approximate surface area is 135 Å². The first-order valence-corrected chi connectivity index (χ1v) is 8.40. The van der Waals surface area contributed by atoms with E-state index in [2.05, 4.69) is 26.2 Å². The number of aryl methyl sites for hydroxylation is 1. The number of rotatable bonds is 3. The third-order valence-corrected chi connectivity index (χ3v) is 4.78. The van der Waals surface area contributed by atoms with Crippen LogP contribution in [0.3, 0.4) is 0 Å². The van der Waals surface area contributed by atoms with Crippen molar-refractivity contribution in [3.05, 3.63) is 33.6 Å². The molecule has 1 N–H and O–H groups in total. The maximum atomic E-state index is 12.0. The molecule has 1 aromatic carbocycles. The molecule has 1 atom stereocenters. The minimum Gasteiger partial charge on any atom is -0.368 e. The van der Waals surface area contributed by atoms with Crippen molar-refractivity contribution in [1.29, 1.82) is 0 Å². The summed E-state index contributed by atoms with van der Waals surface area (Å²) in [7, 11) is 0. The van der Waals surface area contributed by atoms with Gasteiger partial charge >= 0.3 is 0 Å². The average Bonchev–Trinajstić information content (AvgIpc) is 3.10. The van der Waals surface area contributed by atoms with Crippen molar-refractivity contribution in [3.63, 3.8) is 0 Å². The number of hydrogen-bond acceptors (Lipinski definition) is 4. The Kier molecular flexibility index (Phi) is 4.37. The lowest BCUT2D eigenvalue weighted by Crippen LogP contribution is -2.26. The maximum absolute atomic E-state index is 12.0. The van der Waals surface area contributed by atoms with Gasteiger partial charge in [-0.05, 0) is 31.9 Å². The van der Waals surface area contributed by atoms with Crippen LogP contribution in [0.1, 0.15) is 17.7 Å². The predicted octanol–water partition coefficient (Wildman–Crippen LogP) is 4.00. The standard InChI is InChI=1S/C15H15BrN2O2S/c1-9-13(10-4-6-11(16)7-5-10)17-15(21-9)18-14(19)12-3-2-8-20-12/h4-7,12H,2-3,8H2,1H3,(H,17,18,19)/t12-/m1/s1. The molecule has 0 aliphatic carbocycles. The molecule has 0 spiro atoms. The normalized spacial score (nSPS) is 17.9. The van der Waals surface area contributed by atoms with Gasteiger partial charge in [-0.2, -0.15) is 0 Å². The van der Waals surface area contributed by atoms with E-state index in [-0.39, 0.29) is 12.0 Å². The molecule has 1 saturated heterocycles. The number of amides is 1. The molecule has 0 unspecified atom stereocenters. The fourth-order valence-electron chi connectivity index (χ4n) is 2.30. The minimum atomic E-state index is -0.328. The van der Waals surface area contributed by atoms with Crippen LogP contribution >= 0.6 is 27.3 Å². The number of ether oxygens (including phenoxy) is 1. The Morgan fingerprint density at radius 1 is 1.43 bits per heavy atom. The molecule has 1 aliphatic rings. The van der Waals surface area contributed by atoms with Crippen LogP contribution in [-0.4, -0.2) is 23.6 Å². The van der Waals surface area contributed by atoms with Crippen molar-refractivity contribution in [2.24, 2.45) is 0 Å². The van der Waals surface area contributed by atoms with Gasteiger partial charge in [0.2, 0.25) is 0 Å². The molecule has 21 heavy (non-hydrogen) atoms. The summed E-state index contributed by atoms with van der Waals surface area (Å²) in [5.74, 6) is -0.0939. The quantitative estimate of drug-likeness (QED) is 0.892. The predicted molar refractivity (Wildman–Crippen MR) is 87.6 cm³/mol. The zero-order valence-electron chi connectivity index (χ0n) is 11.6. The lowest BCUT2D eigenvalue weighted by molar-refractivity contribution is -0.124. The van der Waals surface area contributed by atoms with Crippen molar-refractivity contribution < 1.29 is 9.53 Å². The molecule has 1 fully saturated rings. The molecule has 1 amide bonds. The highest BCUT2D eigenvalue weighted by Crippen LogP contribution is 2.31. The van der Waals surface area contributed by atoms with E-state index in [0.717, 1.165) is 33.4 Å². The second-order valence-electron chi connectivity index (χ2n) is 4.92. The summed E-state index contributed by atoms with van der Waals surface area (Å²) in [6.45, 7) is 2.68. The van der Waals surface area contributed by atoms with E-state index >= 15 is 0 Å². The summed E-state index contributed by atoms with van der Waals surface area (Å²) in [5, 5.41) is 3.49. The van der Waals surface area contributed by atoms with E-state index in [9.17, 15) is 4.79 Å². The Morgan fingerprint density at radius 3 is 2.86 bits per heavy atom. The summed E-state index contributed by atoms with van der Waals surface area (Å²) in [6, 6.07) is 7.99. The van der Waals surface area contributed by atoms with E-state index in [4.69, 9.17) is 4.74 Å². The van der Waals surface area contributed by atoms with Crippen LogP contribution in [0.15, 0.2) is 28.7 Å². The number of nitrogens with one attached hydrogen (secondary N) is 1. The Morgan fingerprint density at radius 2 is 2.19 bits per heavy atom. The Balaban J connectivity index is 1.77. The molecule has 0 radical (unpaired) electrons. The molecule has 2 aromatic rings. The van der Waals surface area contributed by atoms with Gasteiger partial charge in [0, 0.05) is 21.5 Å². The van der Waals surface area contributed by atoms with E-state index in [1.165, 1.54) is 11.3 Å².